The molecule has 1 fully saturated rings. The number of nitrogens with zero attached hydrogens (tertiary/aromatic N) is 1. The van der Waals surface area contributed by atoms with E-state index in [9.17, 15) is 0 Å². The van der Waals surface area contributed by atoms with Gasteiger partial charge in [0, 0.05) is 26.7 Å². The highest BCUT2D eigenvalue weighted by Crippen LogP contribution is 2.23. The molecule has 1 aliphatic heterocycles. The van der Waals surface area contributed by atoms with E-state index in [2.05, 4.69) is 46.8 Å². The minimum Gasteiger partial charge on any atom is -0.373 e. The maximum Gasteiger partial charge on any atom is 0.191 e. The van der Waals surface area contributed by atoms with Crippen LogP contribution in [0.4, 0.5) is 0 Å². The first kappa shape index (κ1) is 18.2. The standard InChI is InChI=1S/C16H25N3O.HI/c1-16(10-6-12-20-16)13-19-15(17-2)18-11-9-14-7-4-3-5-8-14;/h3-5,7-8H,6,9-13H2,1-2H3,(H2,17,18,19);1H. The van der Waals surface area contributed by atoms with Gasteiger partial charge in [0.25, 0.3) is 0 Å². The van der Waals surface area contributed by atoms with Gasteiger partial charge in [-0.1, -0.05) is 30.3 Å². The lowest BCUT2D eigenvalue weighted by Crippen LogP contribution is -2.45. The molecule has 1 aromatic carbocycles. The molecule has 0 spiro atoms. The smallest absolute Gasteiger partial charge is 0.191 e. The molecule has 0 bridgehead atoms. The van der Waals surface area contributed by atoms with Crippen LogP contribution in [0.15, 0.2) is 35.3 Å². The summed E-state index contributed by atoms with van der Waals surface area (Å²) in [6.45, 7) is 4.71. The highest BCUT2D eigenvalue weighted by atomic mass is 127. The van der Waals surface area contributed by atoms with Crippen molar-refractivity contribution >= 4 is 29.9 Å². The third-order valence-electron chi connectivity index (χ3n) is 3.70. The lowest BCUT2D eigenvalue weighted by molar-refractivity contribution is 0.0243. The lowest BCUT2D eigenvalue weighted by atomic mass is 10.0. The Kier molecular flexibility index (Phi) is 8.03. The van der Waals surface area contributed by atoms with Gasteiger partial charge in [-0.15, -0.1) is 24.0 Å². The molecule has 1 unspecified atom stereocenters. The summed E-state index contributed by atoms with van der Waals surface area (Å²) in [7, 11) is 1.80. The van der Waals surface area contributed by atoms with Crippen molar-refractivity contribution in [1.29, 1.82) is 0 Å². The largest absolute Gasteiger partial charge is 0.373 e. The highest BCUT2D eigenvalue weighted by molar-refractivity contribution is 14.0. The van der Waals surface area contributed by atoms with Crippen LogP contribution in [0.25, 0.3) is 0 Å². The van der Waals surface area contributed by atoms with Gasteiger partial charge in [0.05, 0.1) is 5.60 Å². The van der Waals surface area contributed by atoms with Crippen LogP contribution in [-0.2, 0) is 11.2 Å². The molecule has 0 radical (unpaired) electrons. The lowest BCUT2D eigenvalue weighted by Gasteiger charge is -2.24. The molecule has 0 amide bonds. The predicted octanol–water partition coefficient (Wildman–Crippen LogP) is 2.58. The van der Waals surface area contributed by atoms with Crippen molar-refractivity contribution < 1.29 is 4.74 Å². The summed E-state index contributed by atoms with van der Waals surface area (Å²) in [6.07, 6.45) is 3.26. The Morgan fingerprint density at radius 3 is 2.67 bits per heavy atom. The first-order chi connectivity index (χ1) is 9.72. The summed E-state index contributed by atoms with van der Waals surface area (Å²) >= 11 is 0. The summed E-state index contributed by atoms with van der Waals surface area (Å²) < 4.78 is 5.76. The van der Waals surface area contributed by atoms with Crippen molar-refractivity contribution in [2.45, 2.75) is 31.8 Å². The molecule has 0 aliphatic carbocycles. The molecule has 5 heteroatoms. The van der Waals surface area contributed by atoms with Crippen LogP contribution in [0.5, 0.6) is 0 Å². The van der Waals surface area contributed by atoms with Gasteiger partial charge in [-0.05, 0) is 31.7 Å². The average Bonchev–Trinajstić information content (AvgIpc) is 2.91. The third-order valence-corrected chi connectivity index (χ3v) is 3.70. The number of nitrogens with one attached hydrogen (secondary N) is 2. The van der Waals surface area contributed by atoms with Gasteiger partial charge in [0.1, 0.15) is 0 Å². The maximum atomic E-state index is 5.76. The second kappa shape index (κ2) is 9.25. The Labute approximate surface area is 144 Å². The van der Waals surface area contributed by atoms with Crippen LogP contribution >= 0.6 is 24.0 Å². The van der Waals surface area contributed by atoms with Crippen molar-refractivity contribution in [2.75, 3.05) is 26.7 Å². The van der Waals surface area contributed by atoms with Crippen LogP contribution < -0.4 is 10.6 Å². The summed E-state index contributed by atoms with van der Waals surface area (Å²) in [6, 6.07) is 10.5. The van der Waals surface area contributed by atoms with Crippen LogP contribution in [-0.4, -0.2) is 38.3 Å². The zero-order valence-corrected chi connectivity index (χ0v) is 15.2. The fourth-order valence-corrected chi connectivity index (χ4v) is 2.44. The summed E-state index contributed by atoms with van der Waals surface area (Å²) in [5, 5.41) is 6.69. The third kappa shape index (κ3) is 6.22. The fourth-order valence-electron chi connectivity index (χ4n) is 2.44. The first-order valence-corrected chi connectivity index (χ1v) is 7.34. The molecule has 1 aromatic rings. The van der Waals surface area contributed by atoms with Gasteiger partial charge < -0.3 is 15.4 Å². The molecule has 21 heavy (non-hydrogen) atoms. The van der Waals surface area contributed by atoms with E-state index in [0.29, 0.717) is 0 Å². The molecule has 1 heterocycles. The number of benzene rings is 1. The second-order valence-corrected chi connectivity index (χ2v) is 5.49. The van der Waals surface area contributed by atoms with E-state index in [0.717, 1.165) is 44.9 Å². The second-order valence-electron chi connectivity index (χ2n) is 5.49. The van der Waals surface area contributed by atoms with E-state index in [1.165, 1.54) is 5.56 Å². The normalized spacial score (nSPS) is 21.7. The van der Waals surface area contributed by atoms with Gasteiger partial charge in [-0.2, -0.15) is 0 Å². The van der Waals surface area contributed by atoms with Gasteiger partial charge in [-0.3, -0.25) is 4.99 Å². The molecule has 1 atom stereocenters. The zero-order valence-electron chi connectivity index (χ0n) is 12.9. The predicted molar refractivity (Wildman–Crippen MR) is 98.5 cm³/mol. The van der Waals surface area contributed by atoms with Crippen LogP contribution in [0.3, 0.4) is 0 Å². The minimum atomic E-state index is -0.0446. The topological polar surface area (TPSA) is 45.7 Å². The number of guanidine groups is 1. The summed E-state index contributed by atoms with van der Waals surface area (Å²) in [5.41, 5.74) is 1.29. The van der Waals surface area contributed by atoms with Crippen LogP contribution in [0.2, 0.25) is 0 Å². The number of halogens is 1. The van der Waals surface area contributed by atoms with Crippen molar-refractivity contribution in [3.8, 4) is 0 Å². The zero-order chi connectivity index (χ0) is 14.3. The van der Waals surface area contributed by atoms with E-state index in [-0.39, 0.29) is 29.6 Å². The summed E-state index contributed by atoms with van der Waals surface area (Å²) in [4.78, 5) is 4.25. The SMILES string of the molecule is CN=C(NCCc1ccccc1)NCC1(C)CCCO1.I. The van der Waals surface area contributed by atoms with Crippen molar-refractivity contribution in [3.05, 3.63) is 35.9 Å². The molecule has 118 valence electrons. The van der Waals surface area contributed by atoms with Gasteiger partial charge in [0.15, 0.2) is 5.96 Å². The average molecular weight is 403 g/mol. The Bertz CT molecular complexity index is 430. The molecule has 2 rings (SSSR count). The quantitative estimate of drug-likeness (QED) is 0.452. The van der Waals surface area contributed by atoms with Crippen molar-refractivity contribution in [3.63, 3.8) is 0 Å². The molecule has 4 nitrogen and oxygen atoms in total. The first-order valence-electron chi connectivity index (χ1n) is 7.34. The van der Waals surface area contributed by atoms with E-state index in [1.54, 1.807) is 7.05 Å². The van der Waals surface area contributed by atoms with E-state index < -0.39 is 0 Å². The van der Waals surface area contributed by atoms with Crippen LogP contribution in [0, 0.1) is 0 Å². The number of aliphatic imine (C=N–C) groups is 1. The maximum absolute atomic E-state index is 5.76. The number of hydrogen-bond donors (Lipinski definition) is 2. The molecule has 0 aromatic heterocycles. The van der Waals surface area contributed by atoms with E-state index >= 15 is 0 Å². The molecular formula is C16H26IN3O. The van der Waals surface area contributed by atoms with Crippen molar-refractivity contribution in [2.24, 2.45) is 4.99 Å². The number of rotatable bonds is 5. The fraction of sp³-hybridized carbons (Fsp3) is 0.562. The molecule has 0 saturated carbocycles. The molecule has 1 aliphatic rings. The van der Waals surface area contributed by atoms with Gasteiger partial charge >= 0.3 is 0 Å². The van der Waals surface area contributed by atoms with E-state index in [1.807, 2.05) is 6.07 Å². The van der Waals surface area contributed by atoms with Gasteiger partial charge in [-0.25, -0.2) is 0 Å². The van der Waals surface area contributed by atoms with Crippen molar-refractivity contribution in [1.82, 2.24) is 10.6 Å². The van der Waals surface area contributed by atoms with Crippen LogP contribution in [0.1, 0.15) is 25.3 Å². The monoisotopic (exact) mass is 403 g/mol. The molecule has 2 N–H and O–H groups in total. The Morgan fingerprint density at radius 1 is 1.29 bits per heavy atom. The Hall–Kier alpha value is -0.820. The summed E-state index contributed by atoms with van der Waals surface area (Å²) in [5.74, 6) is 0.845. The Morgan fingerprint density at radius 2 is 2.05 bits per heavy atom. The van der Waals surface area contributed by atoms with Gasteiger partial charge in [0.2, 0.25) is 0 Å². The Balaban J connectivity index is 0.00000220. The number of hydrogen-bond acceptors (Lipinski definition) is 2. The minimum absolute atomic E-state index is 0. The molecule has 1 saturated heterocycles. The number of ether oxygens (including phenoxy) is 1. The van der Waals surface area contributed by atoms with E-state index in [4.69, 9.17) is 4.74 Å². The highest BCUT2D eigenvalue weighted by Gasteiger charge is 2.29. The molecular weight excluding hydrogens is 377 g/mol.